The first-order valence-corrected chi connectivity index (χ1v) is 9.61. The highest BCUT2D eigenvalue weighted by molar-refractivity contribution is 7.80. The smallest absolute Gasteiger partial charge is 0.308 e. The van der Waals surface area contributed by atoms with E-state index >= 15 is 0 Å². The second-order valence-electron chi connectivity index (χ2n) is 9.10. The first-order chi connectivity index (χ1) is 12.3. The molecule has 0 aliphatic carbocycles. The van der Waals surface area contributed by atoms with Crippen LogP contribution in [-0.4, -0.2) is 11.1 Å². The molecule has 0 amide bonds. The summed E-state index contributed by atoms with van der Waals surface area (Å²) in [4.78, 5) is 11.9. The van der Waals surface area contributed by atoms with Crippen molar-refractivity contribution in [1.82, 2.24) is 0 Å². The van der Waals surface area contributed by atoms with Gasteiger partial charge >= 0.3 is 5.97 Å². The van der Waals surface area contributed by atoms with Crippen LogP contribution in [0.15, 0.2) is 35.2 Å². The molecule has 0 atom stereocenters. The van der Waals surface area contributed by atoms with E-state index < -0.39 is 0 Å². The SMILES string of the molecule is CC(=O)Oc1ccc(Cc2cc(C(C)(C)C)c(O)c(C(C)(C)C)c2)c(S)c1. The molecule has 1 N–H and O–H groups in total. The molecule has 0 aliphatic heterocycles. The van der Waals surface area contributed by atoms with Crippen molar-refractivity contribution in [3.63, 3.8) is 0 Å². The van der Waals surface area contributed by atoms with Crippen LogP contribution in [0.3, 0.4) is 0 Å². The highest BCUT2D eigenvalue weighted by Gasteiger charge is 2.26. The molecule has 3 nitrogen and oxygen atoms in total. The Kier molecular flexibility index (Phi) is 6.00. The zero-order valence-electron chi connectivity index (χ0n) is 17.3. The molecule has 2 aromatic rings. The summed E-state index contributed by atoms with van der Waals surface area (Å²) in [7, 11) is 0. The molecule has 0 saturated carbocycles. The lowest BCUT2D eigenvalue weighted by Crippen LogP contribution is -2.18. The predicted octanol–water partition coefficient (Wildman–Crippen LogP) is 5.79. The van der Waals surface area contributed by atoms with Crippen LogP contribution in [0, 0.1) is 0 Å². The van der Waals surface area contributed by atoms with Crippen molar-refractivity contribution in [2.75, 3.05) is 0 Å². The molecular weight excluding hydrogens is 356 g/mol. The Morgan fingerprint density at radius 1 is 1.00 bits per heavy atom. The quantitative estimate of drug-likeness (QED) is 0.398. The number of hydrogen-bond donors (Lipinski definition) is 2. The Labute approximate surface area is 168 Å². The van der Waals surface area contributed by atoms with Gasteiger partial charge in [-0.1, -0.05) is 59.7 Å². The van der Waals surface area contributed by atoms with E-state index in [0.717, 1.165) is 27.1 Å². The minimum atomic E-state index is -0.348. The number of rotatable bonds is 3. The van der Waals surface area contributed by atoms with Gasteiger partial charge < -0.3 is 9.84 Å². The zero-order chi connectivity index (χ0) is 20.6. The molecule has 0 aromatic heterocycles. The van der Waals surface area contributed by atoms with E-state index in [1.54, 1.807) is 12.1 Å². The summed E-state index contributed by atoms with van der Waals surface area (Å²) in [6.07, 6.45) is 0.686. The van der Waals surface area contributed by atoms with E-state index in [4.69, 9.17) is 4.74 Å². The highest BCUT2D eigenvalue weighted by Crippen LogP contribution is 2.40. The third-order valence-electron chi connectivity index (χ3n) is 4.50. The molecule has 0 bridgehead atoms. The van der Waals surface area contributed by atoms with E-state index in [-0.39, 0.29) is 16.8 Å². The minimum absolute atomic E-state index is 0.164. The van der Waals surface area contributed by atoms with Crippen LogP contribution >= 0.6 is 12.6 Å². The van der Waals surface area contributed by atoms with Crippen LogP contribution in [0.4, 0.5) is 0 Å². The van der Waals surface area contributed by atoms with Crippen LogP contribution in [0.2, 0.25) is 0 Å². The van der Waals surface area contributed by atoms with Gasteiger partial charge in [-0.25, -0.2) is 0 Å². The van der Waals surface area contributed by atoms with Crippen LogP contribution in [0.5, 0.6) is 11.5 Å². The van der Waals surface area contributed by atoms with Gasteiger partial charge in [-0.3, -0.25) is 4.79 Å². The number of carbonyl (C=O) groups is 1. The van der Waals surface area contributed by atoms with Gasteiger partial charge in [-0.15, -0.1) is 12.6 Å². The maximum Gasteiger partial charge on any atom is 0.308 e. The van der Waals surface area contributed by atoms with E-state index in [9.17, 15) is 9.90 Å². The number of phenolic OH excluding ortho intramolecular Hbond substituents is 1. The van der Waals surface area contributed by atoms with E-state index in [1.807, 2.05) is 6.07 Å². The van der Waals surface area contributed by atoms with Gasteiger partial charge in [-0.2, -0.15) is 0 Å². The third kappa shape index (κ3) is 5.29. The number of carbonyl (C=O) groups excluding carboxylic acids is 1. The monoisotopic (exact) mass is 386 g/mol. The molecule has 2 aromatic carbocycles. The largest absolute Gasteiger partial charge is 0.507 e. The van der Waals surface area contributed by atoms with E-state index in [1.165, 1.54) is 6.92 Å². The molecule has 0 heterocycles. The summed E-state index contributed by atoms with van der Waals surface area (Å²) in [5.74, 6) is 0.529. The number of benzene rings is 2. The fraction of sp³-hybridized carbons (Fsp3) is 0.435. The summed E-state index contributed by atoms with van der Waals surface area (Å²) >= 11 is 4.57. The number of esters is 1. The fourth-order valence-electron chi connectivity index (χ4n) is 3.08. The van der Waals surface area contributed by atoms with Gasteiger partial charge in [0.25, 0.3) is 0 Å². The summed E-state index contributed by atoms with van der Waals surface area (Å²) in [6, 6.07) is 9.64. The molecule has 2 rings (SSSR count). The Morgan fingerprint density at radius 3 is 1.93 bits per heavy atom. The van der Waals surface area contributed by atoms with Crippen molar-refractivity contribution in [3.8, 4) is 11.5 Å². The van der Waals surface area contributed by atoms with Gasteiger partial charge in [0.15, 0.2) is 0 Å². The molecule has 0 aliphatic rings. The van der Waals surface area contributed by atoms with Crippen LogP contribution in [0.1, 0.15) is 70.7 Å². The van der Waals surface area contributed by atoms with Crippen molar-refractivity contribution in [2.24, 2.45) is 0 Å². The first-order valence-electron chi connectivity index (χ1n) is 9.16. The highest BCUT2D eigenvalue weighted by atomic mass is 32.1. The maximum absolute atomic E-state index is 11.1. The molecule has 0 saturated heterocycles. The van der Waals surface area contributed by atoms with E-state index in [0.29, 0.717) is 17.9 Å². The summed E-state index contributed by atoms with van der Waals surface area (Å²) in [6.45, 7) is 14.0. The predicted molar refractivity (Wildman–Crippen MR) is 113 cm³/mol. The Hall–Kier alpha value is -1.94. The van der Waals surface area contributed by atoms with Crippen molar-refractivity contribution in [2.45, 2.75) is 70.6 Å². The molecule has 4 heteroatoms. The molecule has 27 heavy (non-hydrogen) atoms. The topological polar surface area (TPSA) is 46.5 Å². The van der Waals surface area contributed by atoms with Gasteiger partial charge in [0, 0.05) is 11.8 Å². The minimum Gasteiger partial charge on any atom is -0.507 e. The Morgan fingerprint density at radius 2 is 1.52 bits per heavy atom. The maximum atomic E-state index is 11.1. The summed E-state index contributed by atoms with van der Waals surface area (Å²) in [5, 5.41) is 10.9. The summed E-state index contributed by atoms with van der Waals surface area (Å²) < 4.78 is 5.12. The Bertz CT molecular complexity index is 820. The van der Waals surface area contributed by atoms with Crippen LogP contribution in [0.25, 0.3) is 0 Å². The summed E-state index contributed by atoms with van der Waals surface area (Å²) in [5.41, 5.74) is 3.73. The fourth-order valence-corrected chi connectivity index (χ4v) is 3.36. The number of thiol groups is 1. The van der Waals surface area contributed by atoms with Gasteiger partial charge in [0.1, 0.15) is 11.5 Å². The van der Waals surface area contributed by atoms with Crippen LogP contribution < -0.4 is 4.74 Å². The molecule has 0 fully saturated rings. The van der Waals surface area contributed by atoms with Crippen molar-refractivity contribution >= 4 is 18.6 Å². The number of hydrogen-bond acceptors (Lipinski definition) is 4. The molecule has 0 spiro atoms. The van der Waals surface area contributed by atoms with E-state index in [2.05, 4.69) is 66.3 Å². The first kappa shape index (κ1) is 21.4. The lowest BCUT2D eigenvalue weighted by molar-refractivity contribution is -0.131. The standard InChI is InChI=1S/C23H30O3S/c1-14(24)26-17-9-8-16(20(27)13-17)10-15-11-18(22(2,3)4)21(25)19(12-15)23(5,6)7/h8-9,11-13,25,27H,10H2,1-7H3. The van der Waals surface area contributed by atoms with Crippen molar-refractivity contribution in [1.29, 1.82) is 0 Å². The number of phenols is 1. The normalized spacial score (nSPS) is 12.1. The van der Waals surface area contributed by atoms with Crippen molar-refractivity contribution < 1.29 is 14.6 Å². The average molecular weight is 387 g/mol. The molecule has 0 unspecified atom stereocenters. The third-order valence-corrected chi connectivity index (χ3v) is 4.91. The van der Waals surface area contributed by atoms with Crippen molar-refractivity contribution in [3.05, 3.63) is 52.6 Å². The second-order valence-corrected chi connectivity index (χ2v) is 9.58. The second kappa shape index (κ2) is 7.59. The van der Waals surface area contributed by atoms with Gasteiger partial charge in [0.05, 0.1) is 0 Å². The number of aromatic hydroxyl groups is 1. The molecule has 0 radical (unpaired) electrons. The average Bonchev–Trinajstić information content (AvgIpc) is 2.48. The van der Waals surface area contributed by atoms with Gasteiger partial charge in [-0.05, 0) is 51.6 Å². The zero-order valence-corrected chi connectivity index (χ0v) is 18.2. The number of ether oxygens (including phenoxy) is 1. The molecule has 146 valence electrons. The molecular formula is C23H30O3S. The van der Waals surface area contributed by atoms with Crippen LogP contribution in [-0.2, 0) is 22.0 Å². The lowest BCUT2D eigenvalue weighted by Gasteiger charge is -2.28. The van der Waals surface area contributed by atoms with Gasteiger partial charge in [0.2, 0.25) is 0 Å². The Balaban J connectivity index is 2.49. The lowest BCUT2D eigenvalue weighted by atomic mass is 9.78.